The van der Waals surface area contributed by atoms with Gasteiger partial charge in [-0.15, -0.1) is 0 Å². The lowest BCUT2D eigenvalue weighted by Gasteiger charge is -2.23. The standard InChI is InChI=1S/C21H22Cl2N2O/c1-3-25(4-2)13-20(26)16-12-19(14-8-6-5-7-9-14)24-21-17(16)10-15(22)11-18(21)23/h5-12,20,26H,3-4,13H2,1-2H3. The van der Waals surface area contributed by atoms with Crippen molar-refractivity contribution in [3.05, 3.63) is 64.1 Å². The number of hydrogen-bond donors (Lipinski definition) is 1. The highest BCUT2D eigenvalue weighted by Gasteiger charge is 2.18. The summed E-state index contributed by atoms with van der Waals surface area (Å²) in [6, 6.07) is 15.4. The number of benzene rings is 2. The van der Waals surface area contributed by atoms with Gasteiger partial charge in [-0.25, -0.2) is 4.98 Å². The Morgan fingerprint density at radius 1 is 1.04 bits per heavy atom. The molecule has 1 unspecified atom stereocenters. The summed E-state index contributed by atoms with van der Waals surface area (Å²) in [4.78, 5) is 6.92. The Kier molecular flexibility index (Phi) is 6.15. The molecule has 0 aliphatic rings. The first kappa shape index (κ1) is 19.1. The molecule has 5 heteroatoms. The topological polar surface area (TPSA) is 36.4 Å². The average Bonchev–Trinajstić information content (AvgIpc) is 2.66. The van der Waals surface area contributed by atoms with Crippen LogP contribution in [-0.2, 0) is 0 Å². The van der Waals surface area contributed by atoms with E-state index in [0.717, 1.165) is 35.3 Å². The lowest BCUT2D eigenvalue weighted by molar-refractivity contribution is 0.120. The zero-order chi connectivity index (χ0) is 18.7. The molecule has 0 spiro atoms. The van der Waals surface area contributed by atoms with Crippen molar-refractivity contribution in [2.24, 2.45) is 0 Å². The lowest BCUT2D eigenvalue weighted by atomic mass is 9.99. The molecule has 1 atom stereocenters. The van der Waals surface area contributed by atoms with Gasteiger partial charge >= 0.3 is 0 Å². The monoisotopic (exact) mass is 388 g/mol. The van der Waals surface area contributed by atoms with Crippen molar-refractivity contribution in [1.82, 2.24) is 9.88 Å². The molecule has 0 saturated carbocycles. The third kappa shape index (κ3) is 4.02. The first-order valence-corrected chi connectivity index (χ1v) is 9.54. The number of likely N-dealkylation sites (N-methyl/N-ethyl adjacent to an activating group) is 1. The van der Waals surface area contributed by atoms with Gasteiger partial charge in [0.25, 0.3) is 0 Å². The highest BCUT2D eigenvalue weighted by Crippen LogP contribution is 2.34. The molecule has 3 nitrogen and oxygen atoms in total. The van der Waals surface area contributed by atoms with Crippen LogP contribution >= 0.6 is 23.2 Å². The number of rotatable bonds is 6. The molecule has 0 bridgehead atoms. The molecule has 0 radical (unpaired) electrons. The van der Waals surface area contributed by atoms with Gasteiger partial charge in [-0.1, -0.05) is 67.4 Å². The van der Waals surface area contributed by atoms with Gasteiger partial charge in [-0.05, 0) is 36.9 Å². The maximum absolute atomic E-state index is 10.9. The smallest absolute Gasteiger partial charge is 0.0924 e. The molecule has 0 saturated heterocycles. The highest BCUT2D eigenvalue weighted by molar-refractivity contribution is 6.38. The molecular formula is C21H22Cl2N2O. The fourth-order valence-corrected chi connectivity index (χ4v) is 3.67. The summed E-state index contributed by atoms with van der Waals surface area (Å²) in [5, 5.41) is 12.8. The molecule has 3 aromatic rings. The summed E-state index contributed by atoms with van der Waals surface area (Å²) < 4.78 is 0. The number of hydrogen-bond acceptors (Lipinski definition) is 3. The molecular weight excluding hydrogens is 367 g/mol. The fraction of sp³-hybridized carbons (Fsp3) is 0.286. The van der Waals surface area contributed by atoms with Crippen molar-refractivity contribution in [3.8, 4) is 11.3 Å². The van der Waals surface area contributed by atoms with Crippen molar-refractivity contribution in [2.45, 2.75) is 20.0 Å². The van der Waals surface area contributed by atoms with Gasteiger partial charge in [0.2, 0.25) is 0 Å². The predicted octanol–water partition coefficient (Wildman–Crippen LogP) is 5.58. The number of halogens is 2. The second-order valence-corrected chi connectivity index (χ2v) is 7.09. The van der Waals surface area contributed by atoms with Crippen LogP contribution in [-0.4, -0.2) is 34.6 Å². The van der Waals surface area contributed by atoms with Crippen LogP contribution in [0.15, 0.2) is 48.5 Å². The van der Waals surface area contributed by atoms with Crippen LogP contribution in [0.4, 0.5) is 0 Å². The Morgan fingerprint density at radius 3 is 2.38 bits per heavy atom. The van der Waals surface area contributed by atoms with E-state index in [9.17, 15) is 5.11 Å². The zero-order valence-corrected chi connectivity index (χ0v) is 16.4. The Hall–Kier alpha value is -1.65. The minimum absolute atomic E-state index is 0.488. The van der Waals surface area contributed by atoms with Crippen LogP contribution in [0.5, 0.6) is 0 Å². The van der Waals surface area contributed by atoms with E-state index in [-0.39, 0.29) is 0 Å². The third-order valence-corrected chi connectivity index (χ3v) is 5.12. The Labute approximate surface area is 164 Å². The molecule has 0 aliphatic carbocycles. The van der Waals surface area contributed by atoms with Crippen LogP contribution < -0.4 is 0 Å². The number of aliphatic hydroxyl groups is 1. The van der Waals surface area contributed by atoms with Crippen molar-refractivity contribution in [3.63, 3.8) is 0 Å². The lowest BCUT2D eigenvalue weighted by Crippen LogP contribution is -2.28. The second kappa shape index (κ2) is 8.36. The molecule has 136 valence electrons. The van der Waals surface area contributed by atoms with E-state index < -0.39 is 6.10 Å². The van der Waals surface area contributed by atoms with E-state index in [1.165, 1.54) is 0 Å². The SMILES string of the molecule is CCN(CC)CC(O)c1cc(-c2ccccc2)nc2c(Cl)cc(Cl)cc12. The van der Waals surface area contributed by atoms with Crippen molar-refractivity contribution >= 4 is 34.1 Å². The first-order valence-electron chi connectivity index (χ1n) is 8.79. The van der Waals surface area contributed by atoms with Crippen LogP contribution in [0, 0.1) is 0 Å². The van der Waals surface area contributed by atoms with Crippen molar-refractivity contribution < 1.29 is 5.11 Å². The molecule has 1 aromatic heterocycles. The highest BCUT2D eigenvalue weighted by atomic mass is 35.5. The molecule has 0 aliphatic heterocycles. The maximum atomic E-state index is 10.9. The Balaban J connectivity index is 2.18. The molecule has 1 heterocycles. The van der Waals surface area contributed by atoms with E-state index in [1.807, 2.05) is 42.5 Å². The molecule has 1 N–H and O–H groups in total. The molecule has 0 fully saturated rings. The summed E-state index contributed by atoms with van der Waals surface area (Å²) in [5.41, 5.74) is 3.23. The van der Waals surface area contributed by atoms with Gasteiger partial charge in [0.1, 0.15) is 0 Å². The Bertz CT molecular complexity index is 895. The fourth-order valence-electron chi connectivity index (χ4n) is 3.13. The molecule has 0 amide bonds. The van der Waals surface area contributed by atoms with E-state index in [0.29, 0.717) is 22.1 Å². The molecule has 2 aromatic carbocycles. The minimum Gasteiger partial charge on any atom is -0.387 e. The quantitative estimate of drug-likeness (QED) is 0.598. The number of fused-ring (bicyclic) bond motifs is 1. The van der Waals surface area contributed by atoms with Gasteiger partial charge in [-0.3, -0.25) is 0 Å². The average molecular weight is 389 g/mol. The summed E-state index contributed by atoms with van der Waals surface area (Å²) in [7, 11) is 0. The van der Waals surface area contributed by atoms with Gasteiger partial charge < -0.3 is 10.0 Å². The normalized spacial score (nSPS) is 12.7. The summed E-state index contributed by atoms with van der Waals surface area (Å²) in [6.45, 7) is 6.48. The third-order valence-electron chi connectivity index (χ3n) is 4.62. The van der Waals surface area contributed by atoms with E-state index in [1.54, 1.807) is 6.07 Å². The van der Waals surface area contributed by atoms with Crippen LogP contribution in [0.1, 0.15) is 25.5 Å². The van der Waals surface area contributed by atoms with Gasteiger partial charge in [0, 0.05) is 22.5 Å². The van der Waals surface area contributed by atoms with Crippen LogP contribution in [0.2, 0.25) is 10.0 Å². The van der Waals surface area contributed by atoms with E-state index >= 15 is 0 Å². The Morgan fingerprint density at radius 2 is 1.73 bits per heavy atom. The molecule has 3 rings (SSSR count). The van der Waals surface area contributed by atoms with Crippen LogP contribution in [0.3, 0.4) is 0 Å². The van der Waals surface area contributed by atoms with Gasteiger partial charge in [0.05, 0.1) is 22.3 Å². The summed E-state index contributed by atoms with van der Waals surface area (Å²) in [6.07, 6.45) is -0.655. The molecule has 26 heavy (non-hydrogen) atoms. The second-order valence-electron chi connectivity index (χ2n) is 6.25. The number of pyridine rings is 1. The first-order chi connectivity index (χ1) is 12.5. The van der Waals surface area contributed by atoms with Crippen LogP contribution in [0.25, 0.3) is 22.2 Å². The predicted molar refractivity (Wildman–Crippen MR) is 110 cm³/mol. The number of aromatic nitrogens is 1. The summed E-state index contributed by atoms with van der Waals surface area (Å²) in [5.74, 6) is 0. The van der Waals surface area contributed by atoms with Crippen molar-refractivity contribution in [2.75, 3.05) is 19.6 Å². The number of nitrogens with zero attached hydrogens (tertiary/aromatic N) is 2. The minimum atomic E-state index is -0.655. The van der Waals surface area contributed by atoms with Crippen molar-refractivity contribution in [1.29, 1.82) is 0 Å². The maximum Gasteiger partial charge on any atom is 0.0924 e. The largest absolute Gasteiger partial charge is 0.387 e. The summed E-state index contributed by atoms with van der Waals surface area (Å²) >= 11 is 12.6. The van der Waals surface area contributed by atoms with Gasteiger partial charge in [-0.2, -0.15) is 0 Å². The van der Waals surface area contributed by atoms with E-state index in [4.69, 9.17) is 28.2 Å². The van der Waals surface area contributed by atoms with E-state index in [2.05, 4.69) is 18.7 Å². The van der Waals surface area contributed by atoms with Gasteiger partial charge in [0.15, 0.2) is 0 Å². The zero-order valence-electron chi connectivity index (χ0n) is 14.9. The number of aliphatic hydroxyl groups excluding tert-OH is 1.